The standard InChI is InChI=1S/C28H27N3O5/c1-4-35-21-11-9-20(10-12-21)30-26(32)17-36-24-14-8-19(16-25(24)34-3)28(33)31-23-13-7-18(2)27-22(23)6-5-15-29-27/h5-16H,4,17H2,1-3H3,(H,30,32)(H,31,33). The van der Waals surface area contributed by atoms with Crippen LogP contribution in [0.1, 0.15) is 22.8 Å². The highest BCUT2D eigenvalue weighted by Gasteiger charge is 2.14. The van der Waals surface area contributed by atoms with Gasteiger partial charge in [0.15, 0.2) is 18.1 Å². The fourth-order valence-corrected chi connectivity index (χ4v) is 3.69. The van der Waals surface area contributed by atoms with Crippen molar-refractivity contribution in [3.8, 4) is 17.2 Å². The third kappa shape index (κ3) is 5.72. The molecule has 3 aromatic carbocycles. The van der Waals surface area contributed by atoms with E-state index < -0.39 is 0 Å². The van der Waals surface area contributed by atoms with Crippen molar-refractivity contribution in [2.45, 2.75) is 13.8 Å². The summed E-state index contributed by atoms with van der Waals surface area (Å²) in [5.74, 6) is 0.783. The molecule has 0 radical (unpaired) electrons. The summed E-state index contributed by atoms with van der Waals surface area (Å²) in [5.41, 5.74) is 3.54. The van der Waals surface area contributed by atoms with E-state index in [1.54, 1.807) is 48.7 Å². The fraction of sp³-hybridized carbons (Fsp3) is 0.179. The molecule has 0 unspecified atom stereocenters. The molecule has 0 saturated heterocycles. The van der Waals surface area contributed by atoms with Crippen molar-refractivity contribution < 1.29 is 23.8 Å². The Morgan fingerprint density at radius 3 is 2.47 bits per heavy atom. The van der Waals surface area contributed by atoms with Gasteiger partial charge in [0, 0.05) is 22.8 Å². The number of pyridine rings is 1. The summed E-state index contributed by atoms with van der Waals surface area (Å²) >= 11 is 0. The van der Waals surface area contributed by atoms with Crippen molar-refractivity contribution in [1.82, 2.24) is 4.98 Å². The molecular formula is C28H27N3O5. The van der Waals surface area contributed by atoms with E-state index in [1.807, 2.05) is 38.1 Å². The number of ether oxygens (including phenoxy) is 3. The highest BCUT2D eigenvalue weighted by atomic mass is 16.5. The molecule has 8 heteroatoms. The minimum Gasteiger partial charge on any atom is -0.494 e. The molecule has 0 spiro atoms. The second-order valence-electron chi connectivity index (χ2n) is 7.94. The molecule has 2 N–H and O–H groups in total. The van der Waals surface area contributed by atoms with Crippen LogP contribution in [0.5, 0.6) is 17.2 Å². The van der Waals surface area contributed by atoms with Crippen molar-refractivity contribution in [2.24, 2.45) is 0 Å². The number of nitrogens with one attached hydrogen (secondary N) is 2. The molecule has 1 aromatic heterocycles. The van der Waals surface area contributed by atoms with Gasteiger partial charge in [-0.1, -0.05) is 6.07 Å². The molecular weight excluding hydrogens is 458 g/mol. The SMILES string of the molecule is CCOc1ccc(NC(=O)COc2ccc(C(=O)Nc3ccc(C)c4ncccc34)cc2OC)cc1. The van der Waals surface area contributed by atoms with Gasteiger partial charge < -0.3 is 24.8 Å². The second-order valence-corrected chi connectivity index (χ2v) is 7.94. The second kappa shape index (κ2) is 11.2. The van der Waals surface area contributed by atoms with E-state index in [1.165, 1.54) is 7.11 Å². The molecule has 36 heavy (non-hydrogen) atoms. The minimum atomic E-state index is -0.331. The zero-order chi connectivity index (χ0) is 25.5. The van der Waals surface area contributed by atoms with Crippen LogP contribution in [0.3, 0.4) is 0 Å². The maximum absolute atomic E-state index is 13.0. The highest BCUT2D eigenvalue weighted by Crippen LogP contribution is 2.30. The molecule has 2 amide bonds. The first kappa shape index (κ1) is 24.5. The molecule has 0 saturated carbocycles. The van der Waals surface area contributed by atoms with Crippen LogP contribution in [0, 0.1) is 6.92 Å². The Hall–Kier alpha value is -4.59. The first-order valence-electron chi connectivity index (χ1n) is 11.5. The summed E-state index contributed by atoms with van der Waals surface area (Å²) in [6, 6.07) is 19.4. The minimum absolute atomic E-state index is 0.225. The van der Waals surface area contributed by atoms with Gasteiger partial charge in [-0.3, -0.25) is 14.6 Å². The Bertz CT molecular complexity index is 1390. The highest BCUT2D eigenvalue weighted by molar-refractivity contribution is 6.09. The van der Waals surface area contributed by atoms with E-state index >= 15 is 0 Å². The van der Waals surface area contributed by atoms with E-state index in [0.717, 1.165) is 22.2 Å². The monoisotopic (exact) mass is 485 g/mol. The van der Waals surface area contributed by atoms with E-state index in [2.05, 4.69) is 15.6 Å². The smallest absolute Gasteiger partial charge is 0.262 e. The van der Waals surface area contributed by atoms with Crippen molar-refractivity contribution >= 4 is 34.1 Å². The number of anilines is 2. The van der Waals surface area contributed by atoms with Crippen LogP contribution in [0.2, 0.25) is 0 Å². The number of fused-ring (bicyclic) bond motifs is 1. The Morgan fingerprint density at radius 1 is 0.917 bits per heavy atom. The molecule has 0 fully saturated rings. The van der Waals surface area contributed by atoms with Crippen LogP contribution in [-0.4, -0.2) is 37.1 Å². The maximum atomic E-state index is 13.0. The first-order valence-corrected chi connectivity index (χ1v) is 11.5. The van der Waals surface area contributed by atoms with E-state index in [0.29, 0.717) is 35.0 Å². The van der Waals surface area contributed by atoms with E-state index in [4.69, 9.17) is 14.2 Å². The average Bonchev–Trinajstić information content (AvgIpc) is 2.90. The average molecular weight is 486 g/mol. The summed E-state index contributed by atoms with van der Waals surface area (Å²) in [6.45, 7) is 4.23. The lowest BCUT2D eigenvalue weighted by atomic mass is 10.1. The van der Waals surface area contributed by atoms with Gasteiger partial charge in [-0.25, -0.2) is 0 Å². The van der Waals surface area contributed by atoms with Gasteiger partial charge in [0.25, 0.3) is 11.8 Å². The van der Waals surface area contributed by atoms with Gasteiger partial charge >= 0.3 is 0 Å². The Balaban J connectivity index is 1.41. The van der Waals surface area contributed by atoms with E-state index in [9.17, 15) is 9.59 Å². The summed E-state index contributed by atoms with van der Waals surface area (Å²) < 4.78 is 16.4. The molecule has 8 nitrogen and oxygen atoms in total. The molecule has 0 atom stereocenters. The van der Waals surface area contributed by atoms with Crippen molar-refractivity contribution in [3.05, 3.63) is 84.1 Å². The number of hydrogen-bond donors (Lipinski definition) is 2. The predicted molar refractivity (Wildman–Crippen MR) is 139 cm³/mol. The molecule has 1 heterocycles. The molecule has 4 rings (SSSR count). The van der Waals surface area contributed by atoms with Gasteiger partial charge in [0.05, 0.1) is 24.9 Å². The largest absolute Gasteiger partial charge is 0.494 e. The lowest BCUT2D eigenvalue weighted by molar-refractivity contribution is -0.118. The molecule has 0 aliphatic carbocycles. The first-order chi connectivity index (χ1) is 17.5. The Kier molecular flexibility index (Phi) is 7.65. The molecule has 184 valence electrons. The number of benzene rings is 3. The normalized spacial score (nSPS) is 10.5. The van der Waals surface area contributed by atoms with Crippen LogP contribution in [-0.2, 0) is 4.79 Å². The van der Waals surface area contributed by atoms with Gasteiger partial charge in [-0.2, -0.15) is 0 Å². The summed E-state index contributed by atoms with van der Waals surface area (Å²) in [4.78, 5) is 29.7. The van der Waals surface area contributed by atoms with Crippen LogP contribution in [0.15, 0.2) is 72.9 Å². The van der Waals surface area contributed by atoms with Crippen LogP contribution >= 0.6 is 0 Å². The van der Waals surface area contributed by atoms with Gasteiger partial charge in [-0.05, 0) is 80.1 Å². The van der Waals surface area contributed by atoms with Crippen LogP contribution in [0.25, 0.3) is 10.9 Å². The van der Waals surface area contributed by atoms with Gasteiger partial charge in [-0.15, -0.1) is 0 Å². The zero-order valence-corrected chi connectivity index (χ0v) is 20.3. The summed E-state index contributed by atoms with van der Waals surface area (Å²) in [5, 5.41) is 6.56. The fourth-order valence-electron chi connectivity index (χ4n) is 3.69. The van der Waals surface area contributed by atoms with Gasteiger partial charge in [0.2, 0.25) is 0 Å². The quantitative estimate of drug-likeness (QED) is 0.337. The van der Waals surface area contributed by atoms with E-state index in [-0.39, 0.29) is 18.4 Å². The lowest BCUT2D eigenvalue weighted by Crippen LogP contribution is -2.20. The van der Waals surface area contributed by atoms with Gasteiger partial charge in [0.1, 0.15) is 5.75 Å². The number of hydrogen-bond acceptors (Lipinski definition) is 6. The molecule has 0 aliphatic heterocycles. The topological polar surface area (TPSA) is 98.8 Å². The maximum Gasteiger partial charge on any atom is 0.262 e. The summed E-state index contributed by atoms with van der Waals surface area (Å²) in [7, 11) is 1.48. The third-order valence-electron chi connectivity index (χ3n) is 5.45. The predicted octanol–water partition coefficient (Wildman–Crippen LogP) is 5.22. The number of nitrogens with zero attached hydrogens (tertiary/aromatic N) is 1. The Morgan fingerprint density at radius 2 is 1.72 bits per heavy atom. The number of amides is 2. The molecule has 0 aliphatic rings. The number of aromatic nitrogens is 1. The number of rotatable bonds is 9. The zero-order valence-electron chi connectivity index (χ0n) is 20.3. The number of carbonyl (C=O) groups excluding carboxylic acids is 2. The number of aryl methyl sites for hydroxylation is 1. The third-order valence-corrected chi connectivity index (χ3v) is 5.45. The number of methoxy groups -OCH3 is 1. The van der Waals surface area contributed by atoms with Crippen molar-refractivity contribution in [3.63, 3.8) is 0 Å². The molecule has 4 aromatic rings. The van der Waals surface area contributed by atoms with Crippen molar-refractivity contribution in [2.75, 3.05) is 31.0 Å². The Labute approximate surface area is 209 Å². The summed E-state index contributed by atoms with van der Waals surface area (Å²) in [6.07, 6.45) is 1.73. The molecule has 0 bridgehead atoms. The van der Waals surface area contributed by atoms with Crippen molar-refractivity contribution in [1.29, 1.82) is 0 Å². The lowest BCUT2D eigenvalue weighted by Gasteiger charge is -2.13. The number of carbonyl (C=O) groups is 2. The van der Waals surface area contributed by atoms with Crippen LogP contribution < -0.4 is 24.8 Å². The van der Waals surface area contributed by atoms with Crippen LogP contribution in [0.4, 0.5) is 11.4 Å².